The van der Waals surface area contributed by atoms with E-state index < -0.39 is 12.1 Å². The molecule has 0 unspecified atom stereocenters. The van der Waals surface area contributed by atoms with Crippen LogP contribution in [0.1, 0.15) is 17.7 Å². The minimum Gasteiger partial charge on any atom is -0.494 e. The van der Waals surface area contributed by atoms with Crippen molar-refractivity contribution in [2.75, 3.05) is 7.11 Å². The molecule has 1 aromatic rings. The SMILES string of the molecule is COc1cnc(C(F)F)c(C#N)c1Br. The van der Waals surface area contributed by atoms with Crippen molar-refractivity contribution in [3.8, 4) is 11.8 Å². The van der Waals surface area contributed by atoms with Crippen molar-refractivity contribution in [3.63, 3.8) is 0 Å². The zero-order chi connectivity index (χ0) is 10.7. The summed E-state index contributed by atoms with van der Waals surface area (Å²) in [5, 5.41) is 8.66. The Morgan fingerprint density at radius 2 is 2.29 bits per heavy atom. The minimum atomic E-state index is -2.77. The second-order valence-electron chi connectivity index (χ2n) is 2.31. The molecular weight excluding hydrogens is 258 g/mol. The van der Waals surface area contributed by atoms with Gasteiger partial charge in [-0.25, -0.2) is 13.8 Å². The summed E-state index contributed by atoms with van der Waals surface area (Å²) in [7, 11) is 1.37. The van der Waals surface area contributed by atoms with E-state index in [4.69, 9.17) is 10.00 Å². The molecule has 0 bridgehead atoms. The molecule has 0 aliphatic heterocycles. The first-order valence-electron chi connectivity index (χ1n) is 3.52. The largest absolute Gasteiger partial charge is 0.494 e. The van der Waals surface area contributed by atoms with E-state index in [1.54, 1.807) is 6.07 Å². The van der Waals surface area contributed by atoms with Crippen molar-refractivity contribution in [2.45, 2.75) is 6.43 Å². The molecule has 0 amide bonds. The maximum Gasteiger partial charge on any atom is 0.281 e. The van der Waals surface area contributed by atoms with Gasteiger partial charge in [0.25, 0.3) is 6.43 Å². The Kier molecular flexibility index (Phi) is 3.36. The fourth-order valence-corrected chi connectivity index (χ4v) is 1.46. The second kappa shape index (κ2) is 4.33. The molecule has 1 aromatic heterocycles. The number of nitriles is 1. The molecule has 74 valence electrons. The summed E-state index contributed by atoms with van der Waals surface area (Å²) in [5.74, 6) is 0.256. The van der Waals surface area contributed by atoms with Crippen LogP contribution < -0.4 is 4.74 Å². The number of hydrogen-bond acceptors (Lipinski definition) is 3. The third-order valence-electron chi connectivity index (χ3n) is 1.55. The number of ether oxygens (including phenoxy) is 1. The van der Waals surface area contributed by atoms with Gasteiger partial charge in [0.15, 0.2) is 5.75 Å². The zero-order valence-corrected chi connectivity index (χ0v) is 8.68. The molecule has 0 aliphatic carbocycles. The Balaban J connectivity index is 3.38. The molecule has 0 aliphatic rings. The van der Waals surface area contributed by atoms with Gasteiger partial charge in [0.05, 0.1) is 23.3 Å². The van der Waals surface area contributed by atoms with E-state index in [1.165, 1.54) is 7.11 Å². The Bertz CT molecular complexity index is 390. The van der Waals surface area contributed by atoms with Gasteiger partial charge in [0, 0.05) is 0 Å². The van der Waals surface area contributed by atoms with E-state index >= 15 is 0 Å². The highest BCUT2D eigenvalue weighted by molar-refractivity contribution is 9.10. The van der Waals surface area contributed by atoms with Gasteiger partial charge in [0.1, 0.15) is 11.8 Å². The van der Waals surface area contributed by atoms with Crippen molar-refractivity contribution in [3.05, 3.63) is 21.9 Å². The predicted octanol–water partition coefficient (Wildman–Crippen LogP) is 2.66. The summed E-state index contributed by atoms with van der Waals surface area (Å²) < 4.78 is 29.7. The highest BCUT2D eigenvalue weighted by Crippen LogP contribution is 2.32. The first-order valence-corrected chi connectivity index (χ1v) is 4.31. The topological polar surface area (TPSA) is 45.9 Å². The van der Waals surface area contributed by atoms with Crippen LogP contribution in [0.3, 0.4) is 0 Å². The van der Waals surface area contributed by atoms with Crippen LogP contribution in [0.4, 0.5) is 8.78 Å². The van der Waals surface area contributed by atoms with E-state index in [9.17, 15) is 8.78 Å². The lowest BCUT2D eigenvalue weighted by Crippen LogP contribution is -1.98. The number of aromatic nitrogens is 1. The number of nitrogens with zero attached hydrogens (tertiary/aromatic N) is 2. The first kappa shape index (κ1) is 10.9. The predicted molar refractivity (Wildman–Crippen MR) is 48.2 cm³/mol. The van der Waals surface area contributed by atoms with Crippen LogP contribution in [0.5, 0.6) is 5.75 Å². The first-order chi connectivity index (χ1) is 6.61. The van der Waals surface area contributed by atoms with Crippen molar-refractivity contribution in [2.24, 2.45) is 0 Å². The molecule has 0 fully saturated rings. The maximum absolute atomic E-state index is 12.4. The molecule has 0 saturated carbocycles. The van der Waals surface area contributed by atoms with Crippen LogP contribution in [-0.4, -0.2) is 12.1 Å². The monoisotopic (exact) mass is 262 g/mol. The van der Waals surface area contributed by atoms with E-state index in [0.717, 1.165) is 6.20 Å². The Morgan fingerprint density at radius 3 is 2.71 bits per heavy atom. The normalized spacial score (nSPS) is 10.0. The van der Waals surface area contributed by atoms with E-state index in [0.29, 0.717) is 0 Å². The van der Waals surface area contributed by atoms with Gasteiger partial charge < -0.3 is 4.74 Å². The fourth-order valence-electron chi connectivity index (χ4n) is 0.899. The Hall–Kier alpha value is -1.22. The minimum absolute atomic E-state index is 0.195. The summed E-state index contributed by atoms with van der Waals surface area (Å²) >= 11 is 3.00. The molecule has 6 heteroatoms. The summed E-state index contributed by atoms with van der Waals surface area (Å²) in [4.78, 5) is 3.45. The maximum atomic E-state index is 12.4. The number of alkyl halides is 2. The number of rotatable bonds is 2. The molecule has 0 saturated heterocycles. The molecule has 0 N–H and O–H groups in total. The summed E-state index contributed by atoms with van der Waals surface area (Å²) in [6.07, 6.45) is -1.63. The third-order valence-corrected chi connectivity index (χ3v) is 2.34. The van der Waals surface area contributed by atoms with E-state index in [2.05, 4.69) is 20.9 Å². The van der Waals surface area contributed by atoms with Crippen LogP contribution >= 0.6 is 15.9 Å². The quantitative estimate of drug-likeness (QED) is 0.823. The van der Waals surface area contributed by atoms with Crippen LogP contribution in [0.2, 0.25) is 0 Å². The van der Waals surface area contributed by atoms with E-state index in [-0.39, 0.29) is 15.8 Å². The summed E-state index contributed by atoms with van der Waals surface area (Å²) in [6.45, 7) is 0. The molecule has 0 atom stereocenters. The lowest BCUT2D eigenvalue weighted by atomic mass is 10.2. The molecule has 0 radical (unpaired) electrons. The lowest BCUT2D eigenvalue weighted by Gasteiger charge is -2.07. The second-order valence-corrected chi connectivity index (χ2v) is 3.11. The van der Waals surface area contributed by atoms with Crippen LogP contribution in [0.15, 0.2) is 10.7 Å². The van der Waals surface area contributed by atoms with Crippen molar-refractivity contribution in [1.82, 2.24) is 4.98 Å². The molecule has 14 heavy (non-hydrogen) atoms. The average Bonchev–Trinajstić information content (AvgIpc) is 2.17. The molecule has 0 spiro atoms. The van der Waals surface area contributed by atoms with Gasteiger partial charge in [-0.3, -0.25) is 0 Å². The van der Waals surface area contributed by atoms with Gasteiger partial charge in [0.2, 0.25) is 0 Å². The van der Waals surface area contributed by atoms with Crippen LogP contribution in [0.25, 0.3) is 0 Å². The third kappa shape index (κ3) is 1.82. The average molecular weight is 263 g/mol. The Morgan fingerprint density at radius 1 is 1.64 bits per heavy atom. The van der Waals surface area contributed by atoms with Gasteiger partial charge in [-0.1, -0.05) is 0 Å². The van der Waals surface area contributed by atoms with Crippen molar-refractivity contribution < 1.29 is 13.5 Å². The van der Waals surface area contributed by atoms with Crippen LogP contribution in [-0.2, 0) is 0 Å². The smallest absolute Gasteiger partial charge is 0.281 e. The number of methoxy groups -OCH3 is 1. The van der Waals surface area contributed by atoms with E-state index in [1.807, 2.05) is 0 Å². The van der Waals surface area contributed by atoms with Gasteiger partial charge in [-0.15, -0.1) is 0 Å². The highest BCUT2D eigenvalue weighted by Gasteiger charge is 2.19. The molecule has 1 rings (SSSR count). The molecular formula is C8H5BrF2N2O. The highest BCUT2D eigenvalue weighted by atomic mass is 79.9. The fraction of sp³-hybridized carbons (Fsp3) is 0.250. The zero-order valence-electron chi connectivity index (χ0n) is 7.09. The molecule has 0 aromatic carbocycles. The molecule has 1 heterocycles. The van der Waals surface area contributed by atoms with Gasteiger partial charge >= 0.3 is 0 Å². The standard InChI is InChI=1S/C8H5BrF2N2O/c1-14-5-3-13-7(8(10)11)4(2-12)6(5)9/h3,8H,1H3. The number of hydrogen-bond donors (Lipinski definition) is 0. The summed E-state index contributed by atoms with van der Waals surface area (Å²) in [6, 6.07) is 1.65. The van der Waals surface area contributed by atoms with Gasteiger partial charge in [-0.05, 0) is 15.9 Å². The van der Waals surface area contributed by atoms with Gasteiger partial charge in [-0.2, -0.15) is 5.26 Å². The number of pyridine rings is 1. The van der Waals surface area contributed by atoms with Crippen molar-refractivity contribution in [1.29, 1.82) is 5.26 Å². The lowest BCUT2D eigenvalue weighted by molar-refractivity contribution is 0.145. The number of halogens is 3. The molecule has 3 nitrogen and oxygen atoms in total. The van der Waals surface area contributed by atoms with Crippen LogP contribution in [0, 0.1) is 11.3 Å². The summed E-state index contributed by atoms with van der Waals surface area (Å²) in [5.41, 5.74) is -0.737. The van der Waals surface area contributed by atoms with Crippen molar-refractivity contribution >= 4 is 15.9 Å². The Labute approximate surface area is 87.5 Å².